The number of carbonyl (C=O) groups is 1. The van der Waals surface area contributed by atoms with Gasteiger partial charge in [0, 0.05) is 18.0 Å². The monoisotopic (exact) mass is 204 g/mol. The second-order valence-electron chi connectivity index (χ2n) is 2.67. The smallest absolute Gasteiger partial charge is 0.256 e. The van der Waals surface area contributed by atoms with Gasteiger partial charge in [0.25, 0.3) is 5.91 Å². The van der Waals surface area contributed by atoms with E-state index in [9.17, 15) is 4.79 Å². The molecular weight excluding hydrogens is 196 g/mol. The highest BCUT2D eigenvalue weighted by Crippen LogP contribution is 2.15. The maximum atomic E-state index is 11.6. The molecule has 0 spiro atoms. The van der Waals surface area contributed by atoms with Crippen molar-refractivity contribution in [1.29, 1.82) is 0 Å². The van der Waals surface area contributed by atoms with Crippen LogP contribution in [0.4, 0.5) is 5.00 Å². The highest BCUT2D eigenvalue weighted by Gasteiger charge is 2.04. The van der Waals surface area contributed by atoms with Crippen molar-refractivity contribution in [2.75, 3.05) is 5.32 Å². The summed E-state index contributed by atoms with van der Waals surface area (Å²) in [5.74, 6) is -0.102. The van der Waals surface area contributed by atoms with Crippen LogP contribution in [0.5, 0.6) is 0 Å². The number of carbonyl (C=O) groups excluding carboxylic acids is 1. The van der Waals surface area contributed by atoms with Crippen LogP contribution >= 0.6 is 11.3 Å². The molecule has 2 rings (SSSR count). The van der Waals surface area contributed by atoms with Crippen molar-refractivity contribution in [1.82, 2.24) is 4.98 Å². The molecule has 0 aliphatic carbocycles. The highest BCUT2D eigenvalue weighted by atomic mass is 32.1. The van der Waals surface area contributed by atoms with Gasteiger partial charge in [0.2, 0.25) is 0 Å². The van der Waals surface area contributed by atoms with E-state index in [1.807, 2.05) is 17.5 Å². The average molecular weight is 204 g/mol. The number of pyridine rings is 1. The molecule has 0 aromatic carbocycles. The number of hydrogen-bond acceptors (Lipinski definition) is 3. The predicted octanol–water partition coefficient (Wildman–Crippen LogP) is 2.40. The first-order valence-corrected chi connectivity index (χ1v) is 4.99. The van der Waals surface area contributed by atoms with E-state index in [1.165, 1.54) is 11.3 Å². The Morgan fingerprint density at radius 3 is 2.71 bits per heavy atom. The van der Waals surface area contributed by atoms with Gasteiger partial charge in [-0.05, 0) is 29.6 Å². The maximum Gasteiger partial charge on any atom is 0.256 e. The Morgan fingerprint density at radius 1 is 1.29 bits per heavy atom. The molecule has 4 heteroatoms. The lowest BCUT2D eigenvalue weighted by Gasteiger charge is -2.00. The van der Waals surface area contributed by atoms with Crippen LogP contribution in [-0.4, -0.2) is 10.9 Å². The van der Waals surface area contributed by atoms with Crippen molar-refractivity contribution < 1.29 is 4.79 Å². The summed E-state index contributed by atoms with van der Waals surface area (Å²) in [7, 11) is 0. The molecule has 0 saturated heterocycles. The maximum absolute atomic E-state index is 11.6. The minimum absolute atomic E-state index is 0.102. The Labute approximate surface area is 85.4 Å². The number of rotatable bonds is 2. The summed E-state index contributed by atoms with van der Waals surface area (Å²) in [4.78, 5) is 15.4. The zero-order chi connectivity index (χ0) is 9.80. The van der Waals surface area contributed by atoms with Gasteiger partial charge in [-0.1, -0.05) is 0 Å². The summed E-state index contributed by atoms with van der Waals surface area (Å²) in [6, 6.07) is 7.13. The van der Waals surface area contributed by atoms with Gasteiger partial charge in [0.05, 0.1) is 5.00 Å². The third-order valence-electron chi connectivity index (χ3n) is 1.70. The third kappa shape index (κ3) is 1.97. The predicted molar refractivity (Wildman–Crippen MR) is 56.5 cm³/mol. The Kier molecular flexibility index (Phi) is 2.55. The standard InChI is InChI=1S/C10H8N2OS/c13-10(8-3-5-11-6-4-8)12-9-2-1-7-14-9/h1-7H,(H,12,13). The average Bonchev–Trinajstić information content (AvgIpc) is 2.72. The van der Waals surface area contributed by atoms with Crippen molar-refractivity contribution in [2.24, 2.45) is 0 Å². The van der Waals surface area contributed by atoms with Gasteiger partial charge in [-0.15, -0.1) is 11.3 Å². The minimum Gasteiger partial charge on any atom is -0.314 e. The molecule has 2 heterocycles. The van der Waals surface area contributed by atoms with E-state index in [4.69, 9.17) is 0 Å². The summed E-state index contributed by atoms with van der Waals surface area (Å²) in [6.45, 7) is 0. The fourth-order valence-corrected chi connectivity index (χ4v) is 1.65. The lowest BCUT2D eigenvalue weighted by atomic mass is 10.2. The van der Waals surface area contributed by atoms with Crippen LogP contribution in [0.2, 0.25) is 0 Å². The highest BCUT2D eigenvalue weighted by molar-refractivity contribution is 7.14. The molecule has 0 radical (unpaired) electrons. The van der Waals surface area contributed by atoms with Crippen LogP contribution in [-0.2, 0) is 0 Å². The SMILES string of the molecule is O=C(Nc1cccs1)c1ccncc1. The topological polar surface area (TPSA) is 42.0 Å². The van der Waals surface area contributed by atoms with Crippen molar-refractivity contribution in [3.8, 4) is 0 Å². The van der Waals surface area contributed by atoms with E-state index in [0.29, 0.717) is 5.56 Å². The van der Waals surface area contributed by atoms with Gasteiger partial charge in [0.1, 0.15) is 0 Å². The van der Waals surface area contributed by atoms with E-state index >= 15 is 0 Å². The number of anilines is 1. The molecule has 0 aliphatic heterocycles. The van der Waals surface area contributed by atoms with Crippen molar-refractivity contribution in [3.63, 3.8) is 0 Å². The first-order chi connectivity index (χ1) is 6.86. The molecule has 2 aromatic heterocycles. The van der Waals surface area contributed by atoms with Crippen LogP contribution < -0.4 is 5.32 Å². The zero-order valence-electron chi connectivity index (χ0n) is 7.31. The van der Waals surface area contributed by atoms with Crippen LogP contribution in [0.3, 0.4) is 0 Å². The number of amides is 1. The normalized spacial score (nSPS) is 9.71. The summed E-state index contributed by atoms with van der Waals surface area (Å²) in [5.41, 5.74) is 0.619. The van der Waals surface area contributed by atoms with Gasteiger partial charge in [-0.25, -0.2) is 0 Å². The van der Waals surface area contributed by atoms with Gasteiger partial charge >= 0.3 is 0 Å². The Bertz CT molecular complexity index is 411. The van der Waals surface area contributed by atoms with Crippen LogP contribution in [0.1, 0.15) is 10.4 Å². The molecule has 0 saturated carbocycles. The summed E-state index contributed by atoms with van der Waals surface area (Å²) in [5, 5.41) is 5.56. The number of hydrogen-bond donors (Lipinski definition) is 1. The van der Waals surface area contributed by atoms with Crippen molar-refractivity contribution in [2.45, 2.75) is 0 Å². The van der Waals surface area contributed by atoms with Crippen molar-refractivity contribution >= 4 is 22.2 Å². The van der Waals surface area contributed by atoms with E-state index < -0.39 is 0 Å². The molecule has 3 nitrogen and oxygen atoms in total. The first-order valence-electron chi connectivity index (χ1n) is 4.11. The molecule has 1 N–H and O–H groups in total. The Balaban J connectivity index is 2.11. The van der Waals surface area contributed by atoms with E-state index in [2.05, 4.69) is 10.3 Å². The Hall–Kier alpha value is -1.68. The molecule has 0 atom stereocenters. The summed E-state index contributed by atoms with van der Waals surface area (Å²) < 4.78 is 0. The van der Waals surface area contributed by atoms with Crippen LogP contribution in [0.15, 0.2) is 42.0 Å². The van der Waals surface area contributed by atoms with E-state index in [1.54, 1.807) is 24.5 Å². The van der Waals surface area contributed by atoms with Gasteiger partial charge in [-0.3, -0.25) is 9.78 Å². The fraction of sp³-hybridized carbons (Fsp3) is 0. The molecule has 0 bridgehead atoms. The third-order valence-corrected chi connectivity index (χ3v) is 2.49. The molecule has 1 amide bonds. The van der Waals surface area contributed by atoms with Gasteiger partial charge in [0.15, 0.2) is 0 Å². The van der Waals surface area contributed by atoms with Crippen LogP contribution in [0.25, 0.3) is 0 Å². The Morgan fingerprint density at radius 2 is 2.07 bits per heavy atom. The molecule has 0 unspecified atom stereocenters. The van der Waals surface area contributed by atoms with Crippen molar-refractivity contribution in [3.05, 3.63) is 47.6 Å². The summed E-state index contributed by atoms with van der Waals surface area (Å²) >= 11 is 1.50. The number of aromatic nitrogens is 1. The zero-order valence-corrected chi connectivity index (χ0v) is 8.12. The van der Waals surface area contributed by atoms with Gasteiger partial charge < -0.3 is 5.32 Å². The largest absolute Gasteiger partial charge is 0.314 e. The molecule has 14 heavy (non-hydrogen) atoms. The molecule has 2 aromatic rings. The number of nitrogens with one attached hydrogen (secondary N) is 1. The quantitative estimate of drug-likeness (QED) is 0.816. The molecule has 0 fully saturated rings. The van der Waals surface area contributed by atoms with Gasteiger partial charge in [-0.2, -0.15) is 0 Å². The molecular formula is C10H8N2OS. The first kappa shape index (κ1) is 8.90. The lowest BCUT2D eigenvalue weighted by Crippen LogP contribution is -2.10. The van der Waals surface area contributed by atoms with Crippen LogP contribution in [0, 0.1) is 0 Å². The minimum atomic E-state index is -0.102. The number of nitrogens with zero attached hydrogens (tertiary/aromatic N) is 1. The molecule has 70 valence electrons. The fourth-order valence-electron chi connectivity index (χ4n) is 1.04. The summed E-state index contributed by atoms with van der Waals surface area (Å²) in [6.07, 6.45) is 3.20. The number of thiophene rings is 1. The lowest BCUT2D eigenvalue weighted by molar-refractivity contribution is 0.102. The second-order valence-corrected chi connectivity index (χ2v) is 3.62. The second kappa shape index (κ2) is 4.02. The molecule has 0 aliphatic rings. The van der Waals surface area contributed by atoms with E-state index in [0.717, 1.165) is 5.00 Å². The van der Waals surface area contributed by atoms with E-state index in [-0.39, 0.29) is 5.91 Å².